The van der Waals surface area contributed by atoms with Gasteiger partial charge in [-0.15, -0.1) is 0 Å². The van der Waals surface area contributed by atoms with Gasteiger partial charge in [-0.3, -0.25) is 10.1 Å². The van der Waals surface area contributed by atoms with Crippen LogP contribution in [-0.2, 0) is 0 Å². The van der Waals surface area contributed by atoms with Crippen LogP contribution in [0.15, 0.2) is 18.2 Å². The Labute approximate surface area is 110 Å². The van der Waals surface area contributed by atoms with Crippen LogP contribution in [0, 0.1) is 16.0 Å². The maximum absolute atomic E-state index is 10.6. The minimum Gasteiger partial charge on any atom is -0.491 e. The molecule has 0 amide bonds. The Bertz CT molecular complexity index is 446. The molecule has 0 fully saturated rings. The van der Waals surface area contributed by atoms with Gasteiger partial charge >= 0.3 is 0 Å². The first-order chi connectivity index (χ1) is 8.24. The van der Waals surface area contributed by atoms with Crippen molar-refractivity contribution in [1.29, 1.82) is 0 Å². The van der Waals surface area contributed by atoms with Gasteiger partial charge in [-0.2, -0.15) is 0 Å². The molecule has 1 unspecified atom stereocenters. The number of halogens is 1. The molecule has 18 heavy (non-hydrogen) atoms. The molecule has 5 nitrogen and oxygen atoms in total. The van der Waals surface area contributed by atoms with Gasteiger partial charge in [0.2, 0.25) is 0 Å². The number of nitrogens with zero attached hydrogens (tertiary/aromatic N) is 1. The highest BCUT2D eigenvalue weighted by Crippen LogP contribution is 2.29. The minimum absolute atomic E-state index is 0.0155. The molecule has 1 aromatic rings. The lowest BCUT2D eigenvalue weighted by molar-refractivity contribution is -0.384. The number of ether oxygens (including phenoxy) is 1. The molecule has 0 saturated heterocycles. The molecule has 0 aliphatic rings. The predicted octanol–water partition coefficient (Wildman–Crippen LogP) is 3.03. The van der Waals surface area contributed by atoms with E-state index >= 15 is 0 Å². The van der Waals surface area contributed by atoms with E-state index in [1.807, 2.05) is 13.8 Å². The zero-order chi connectivity index (χ0) is 13.9. The quantitative estimate of drug-likeness (QED) is 0.661. The lowest BCUT2D eigenvalue weighted by Crippen LogP contribution is -2.37. The van der Waals surface area contributed by atoms with Crippen LogP contribution in [-0.4, -0.2) is 22.2 Å². The molecule has 0 aliphatic heterocycles. The fraction of sp³-hybridized carbons (Fsp3) is 0.500. The zero-order valence-corrected chi connectivity index (χ0v) is 11.3. The van der Waals surface area contributed by atoms with E-state index in [1.54, 1.807) is 6.92 Å². The maximum atomic E-state index is 10.6. The molecule has 1 aromatic carbocycles. The fourth-order valence-electron chi connectivity index (χ4n) is 1.12. The monoisotopic (exact) mass is 273 g/mol. The smallest absolute Gasteiger partial charge is 0.288 e. The zero-order valence-electron chi connectivity index (χ0n) is 10.5. The van der Waals surface area contributed by atoms with Crippen LogP contribution in [0.2, 0.25) is 5.02 Å². The highest BCUT2D eigenvalue weighted by molar-refractivity contribution is 6.32. The van der Waals surface area contributed by atoms with Crippen molar-refractivity contribution in [3.05, 3.63) is 33.3 Å². The van der Waals surface area contributed by atoms with Gasteiger partial charge in [-0.25, -0.2) is 0 Å². The number of benzene rings is 1. The second-order valence-corrected chi connectivity index (χ2v) is 5.08. The van der Waals surface area contributed by atoms with Gasteiger partial charge in [-0.1, -0.05) is 25.4 Å². The number of hydrogen-bond acceptors (Lipinski definition) is 4. The van der Waals surface area contributed by atoms with Crippen LogP contribution in [0.25, 0.3) is 0 Å². The normalized spacial score (nSPS) is 14.3. The molecule has 0 bridgehead atoms. The molecule has 0 aromatic heterocycles. The lowest BCUT2D eigenvalue weighted by Gasteiger charge is -2.27. The molecule has 1 N–H and O–H groups in total. The van der Waals surface area contributed by atoms with Crippen molar-refractivity contribution in [2.24, 2.45) is 5.92 Å². The molecular formula is C12H16ClNO4. The van der Waals surface area contributed by atoms with Crippen LogP contribution in [0.4, 0.5) is 5.69 Å². The van der Waals surface area contributed by atoms with Gasteiger partial charge in [0.25, 0.3) is 5.69 Å². The van der Waals surface area contributed by atoms with E-state index in [-0.39, 0.29) is 23.2 Å². The third-order valence-corrected chi connectivity index (χ3v) is 3.19. The molecule has 100 valence electrons. The molecule has 6 heteroatoms. The molecule has 0 heterocycles. The van der Waals surface area contributed by atoms with E-state index in [0.29, 0.717) is 5.75 Å². The van der Waals surface area contributed by atoms with Crippen molar-refractivity contribution in [1.82, 2.24) is 0 Å². The number of nitro groups is 1. The first-order valence-corrected chi connectivity index (χ1v) is 5.91. The average molecular weight is 274 g/mol. The average Bonchev–Trinajstić information content (AvgIpc) is 2.25. The van der Waals surface area contributed by atoms with E-state index in [0.717, 1.165) is 0 Å². The summed E-state index contributed by atoms with van der Waals surface area (Å²) >= 11 is 5.75. The summed E-state index contributed by atoms with van der Waals surface area (Å²) in [5.41, 5.74) is -1.13. The van der Waals surface area contributed by atoms with Crippen molar-refractivity contribution in [3.63, 3.8) is 0 Å². The van der Waals surface area contributed by atoms with Gasteiger partial charge < -0.3 is 9.84 Å². The van der Waals surface area contributed by atoms with E-state index in [9.17, 15) is 15.2 Å². The van der Waals surface area contributed by atoms with Gasteiger partial charge in [0.15, 0.2) is 0 Å². The Kier molecular flexibility index (Phi) is 4.53. The number of nitro benzene ring substituents is 1. The molecule has 0 radical (unpaired) electrons. The second kappa shape index (κ2) is 5.54. The summed E-state index contributed by atoms with van der Waals surface area (Å²) in [5.74, 6) is 0.428. The van der Waals surface area contributed by atoms with E-state index in [2.05, 4.69) is 0 Å². The Hall–Kier alpha value is -1.33. The van der Waals surface area contributed by atoms with Crippen molar-refractivity contribution in [2.75, 3.05) is 6.61 Å². The maximum Gasteiger partial charge on any atom is 0.288 e. The summed E-state index contributed by atoms with van der Waals surface area (Å²) in [6.45, 7) is 5.53. The topological polar surface area (TPSA) is 72.6 Å². The van der Waals surface area contributed by atoms with Crippen LogP contribution in [0.5, 0.6) is 5.75 Å². The summed E-state index contributed by atoms with van der Waals surface area (Å²) < 4.78 is 5.39. The van der Waals surface area contributed by atoms with Gasteiger partial charge in [0.1, 0.15) is 17.4 Å². The Morgan fingerprint density at radius 3 is 2.61 bits per heavy atom. The highest BCUT2D eigenvalue weighted by Gasteiger charge is 2.26. The molecule has 0 saturated carbocycles. The number of rotatable bonds is 5. The minimum atomic E-state index is -0.964. The van der Waals surface area contributed by atoms with Gasteiger partial charge in [0.05, 0.1) is 10.5 Å². The number of aliphatic hydroxyl groups is 1. The summed E-state index contributed by atoms with van der Waals surface area (Å²) in [4.78, 5) is 10.0. The third-order valence-electron chi connectivity index (χ3n) is 2.89. The van der Waals surface area contributed by atoms with Crippen LogP contribution >= 0.6 is 11.6 Å². The SMILES string of the molecule is CC(C)C(C)(O)COc1ccc([N+](=O)[O-])c(Cl)c1. The predicted molar refractivity (Wildman–Crippen MR) is 69.1 cm³/mol. The molecule has 1 atom stereocenters. The molecule has 0 aliphatic carbocycles. The van der Waals surface area contributed by atoms with E-state index < -0.39 is 10.5 Å². The highest BCUT2D eigenvalue weighted by atomic mass is 35.5. The summed E-state index contributed by atoms with van der Waals surface area (Å²) in [5, 5.41) is 20.6. The Morgan fingerprint density at radius 1 is 1.56 bits per heavy atom. The second-order valence-electron chi connectivity index (χ2n) is 4.67. The summed E-state index contributed by atoms with van der Waals surface area (Å²) in [6.07, 6.45) is 0. The van der Waals surface area contributed by atoms with Crippen molar-refractivity contribution >= 4 is 17.3 Å². The number of hydrogen-bond donors (Lipinski definition) is 1. The Morgan fingerprint density at radius 2 is 2.17 bits per heavy atom. The fourth-order valence-corrected chi connectivity index (χ4v) is 1.36. The first kappa shape index (κ1) is 14.7. The Balaban J connectivity index is 2.76. The largest absolute Gasteiger partial charge is 0.491 e. The van der Waals surface area contributed by atoms with Gasteiger partial charge in [0, 0.05) is 12.1 Å². The van der Waals surface area contributed by atoms with Crippen molar-refractivity contribution in [2.45, 2.75) is 26.4 Å². The van der Waals surface area contributed by atoms with Crippen LogP contribution in [0.1, 0.15) is 20.8 Å². The summed E-state index contributed by atoms with van der Waals surface area (Å²) in [7, 11) is 0. The molecule has 0 spiro atoms. The van der Waals surface area contributed by atoms with E-state index in [4.69, 9.17) is 16.3 Å². The molecular weight excluding hydrogens is 258 g/mol. The first-order valence-electron chi connectivity index (χ1n) is 5.53. The van der Waals surface area contributed by atoms with Crippen molar-refractivity contribution < 1.29 is 14.8 Å². The lowest BCUT2D eigenvalue weighted by atomic mass is 9.94. The van der Waals surface area contributed by atoms with Crippen LogP contribution < -0.4 is 4.74 Å². The van der Waals surface area contributed by atoms with E-state index in [1.165, 1.54) is 18.2 Å². The van der Waals surface area contributed by atoms with Crippen LogP contribution in [0.3, 0.4) is 0 Å². The standard InChI is InChI=1S/C12H16ClNO4/c1-8(2)12(3,15)7-18-9-4-5-11(14(16)17)10(13)6-9/h4-6,8,15H,7H2,1-3H3. The summed E-state index contributed by atoms with van der Waals surface area (Å²) in [6, 6.07) is 4.11. The van der Waals surface area contributed by atoms with Gasteiger partial charge in [-0.05, 0) is 18.9 Å². The molecule has 1 rings (SSSR count). The third kappa shape index (κ3) is 3.58. The van der Waals surface area contributed by atoms with Crippen molar-refractivity contribution in [3.8, 4) is 5.75 Å².